The van der Waals surface area contributed by atoms with Crippen LogP contribution in [0, 0.1) is 23.7 Å². The van der Waals surface area contributed by atoms with Crippen LogP contribution in [0.15, 0.2) is 73.4 Å². The van der Waals surface area contributed by atoms with Gasteiger partial charge in [0, 0.05) is 43.9 Å². The molecule has 0 amide bonds. The van der Waals surface area contributed by atoms with Crippen molar-refractivity contribution in [2.45, 2.75) is 269 Å². The second kappa shape index (κ2) is 21.3. The van der Waals surface area contributed by atoms with Crippen molar-refractivity contribution in [3.8, 4) is 0 Å². The molecule has 31 unspecified atom stereocenters. The molecular weight excluding hydrogens is 977 g/mol. The third-order valence-corrected chi connectivity index (χ3v) is 20.3. The van der Waals surface area contributed by atoms with Crippen LogP contribution in [-0.2, 0) is 61.6 Å². The normalized spacial score (nSPS) is 56.7. The van der Waals surface area contributed by atoms with Crippen molar-refractivity contribution in [3.05, 3.63) is 73.4 Å². The molecule has 0 aliphatic carbocycles. The largest absolute Gasteiger partial charge is 0.390 e. The molecule has 16 heteroatoms. The van der Waals surface area contributed by atoms with Gasteiger partial charge in [-0.3, -0.25) is 0 Å². The standard InChI is InChI=1S/C60H84O16/c1-7-8-13-34-14-11-17-41-56(65-34)53(63)57-49(69-41)26-43-40(72-57)21-20-38-39(67-43)19-18-37-35(66-38)15-9-10-16-36-45(68-37)28-50(61)59(6)51(71-36)29-46-47(75-59)25-30(2)24-42-44(70-46)27-48-54(73-42)32(4)52(62)58-55(74-48)31(3)33(5)60(76-58)22-12-23-64-60/h7-11,13-14,18-21,30-58,61-63H,1,12,15-17,22-29H2,2-6H3. The summed E-state index contributed by atoms with van der Waals surface area (Å²) in [5.74, 6) is -0.482. The molecule has 76 heavy (non-hydrogen) atoms. The molecule has 9 fully saturated rings. The van der Waals surface area contributed by atoms with Crippen LogP contribution in [0.25, 0.3) is 0 Å². The summed E-state index contributed by atoms with van der Waals surface area (Å²) >= 11 is 0. The van der Waals surface area contributed by atoms with E-state index in [9.17, 15) is 15.3 Å². The van der Waals surface area contributed by atoms with Crippen LogP contribution < -0.4 is 0 Å². The summed E-state index contributed by atoms with van der Waals surface area (Å²) in [6.45, 7) is 15.2. The number of fused-ring (bicyclic) bond motifs is 11. The summed E-state index contributed by atoms with van der Waals surface area (Å²) in [5, 5.41) is 36.2. The number of aliphatic hydroxyl groups is 3. The van der Waals surface area contributed by atoms with Gasteiger partial charge in [0.2, 0.25) is 0 Å². The lowest BCUT2D eigenvalue weighted by atomic mass is 9.76. The zero-order chi connectivity index (χ0) is 52.2. The Morgan fingerprint density at radius 2 is 1.13 bits per heavy atom. The van der Waals surface area contributed by atoms with Crippen LogP contribution in [-0.4, -0.2) is 186 Å². The van der Waals surface area contributed by atoms with Crippen LogP contribution in [0.1, 0.15) is 105 Å². The van der Waals surface area contributed by atoms with E-state index in [1.165, 1.54) is 0 Å². The molecule has 31 atom stereocenters. The Bertz CT molecular complexity index is 2230. The molecule has 13 aliphatic heterocycles. The molecule has 0 radical (unpaired) electrons. The van der Waals surface area contributed by atoms with Gasteiger partial charge in [-0.1, -0.05) is 101 Å². The molecule has 1 spiro atoms. The number of hydrogen-bond acceptors (Lipinski definition) is 16. The van der Waals surface area contributed by atoms with E-state index in [4.69, 9.17) is 61.6 Å². The highest BCUT2D eigenvalue weighted by molar-refractivity contribution is 5.18. The minimum atomic E-state index is -1.01. The number of hydrogen-bond donors (Lipinski definition) is 3. The van der Waals surface area contributed by atoms with Gasteiger partial charge in [0.25, 0.3) is 0 Å². The maximum atomic E-state index is 12.4. The van der Waals surface area contributed by atoms with Gasteiger partial charge in [-0.2, -0.15) is 0 Å². The Hall–Kier alpha value is -2.20. The Labute approximate surface area is 448 Å². The van der Waals surface area contributed by atoms with E-state index in [1.54, 1.807) is 6.08 Å². The van der Waals surface area contributed by atoms with Crippen LogP contribution in [0.4, 0.5) is 0 Å². The molecule has 13 aliphatic rings. The Kier molecular flexibility index (Phi) is 14.9. The van der Waals surface area contributed by atoms with Crippen molar-refractivity contribution in [1.29, 1.82) is 0 Å². The fraction of sp³-hybridized carbons (Fsp3) is 0.800. The third kappa shape index (κ3) is 9.58. The van der Waals surface area contributed by atoms with E-state index in [0.717, 1.165) is 25.7 Å². The van der Waals surface area contributed by atoms with Gasteiger partial charge in [0.15, 0.2) is 5.79 Å². The lowest BCUT2D eigenvalue weighted by Gasteiger charge is -2.53. The van der Waals surface area contributed by atoms with Crippen molar-refractivity contribution < 1.29 is 76.9 Å². The molecular formula is C60H84O16. The Morgan fingerprint density at radius 3 is 1.92 bits per heavy atom. The smallest absolute Gasteiger partial charge is 0.171 e. The average Bonchev–Trinajstić information content (AvgIpc) is 3.63. The molecule has 16 nitrogen and oxygen atoms in total. The van der Waals surface area contributed by atoms with Crippen molar-refractivity contribution in [1.82, 2.24) is 0 Å². The summed E-state index contributed by atoms with van der Waals surface area (Å²) < 4.78 is 89.5. The van der Waals surface area contributed by atoms with Gasteiger partial charge in [-0.05, 0) is 57.3 Å². The van der Waals surface area contributed by atoms with Gasteiger partial charge < -0.3 is 76.9 Å². The van der Waals surface area contributed by atoms with E-state index >= 15 is 0 Å². The Balaban J connectivity index is 0.686. The fourth-order valence-corrected chi connectivity index (χ4v) is 15.8. The highest BCUT2D eigenvalue weighted by atomic mass is 16.7. The molecule has 0 aromatic carbocycles. The number of aliphatic hydroxyl groups excluding tert-OH is 3. The first-order valence-electron chi connectivity index (χ1n) is 29.3. The Morgan fingerprint density at radius 1 is 0.500 bits per heavy atom. The summed E-state index contributed by atoms with van der Waals surface area (Å²) in [5.41, 5.74) is -1.01. The molecule has 13 rings (SSSR count). The molecule has 9 saturated heterocycles. The molecule has 0 aromatic rings. The SMILES string of the molecule is C=CC=CC1C=CCC2OC3CC4OC5C=CC6OC7CC(O)C8(C)OC9CC(C)CC%10OC%11C(CC%10OC9CC8OC7CC=CCC6OC5C=CC4OC3C(O)C2O1)OC1C(C)C(C)C2(CCCO2)OC1C(O)C%11C. The molecule has 0 aromatic heterocycles. The second-order valence-electron chi connectivity index (χ2n) is 25.1. The summed E-state index contributed by atoms with van der Waals surface area (Å²) in [6.07, 6.45) is 18.3. The van der Waals surface area contributed by atoms with Crippen molar-refractivity contribution in [3.63, 3.8) is 0 Å². The van der Waals surface area contributed by atoms with Gasteiger partial charge in [-0.25, -0.2) is 0 Å². The van der Waals surface area contributed by atoms with E-state index in [-0.39, 0.29) is 103 Å². The zero-order valence-corrected chi connectivity index (χ0v) is 44.9. The second-order valence-corrected chi connectivity index (χ2v) is 25.1. The highest BCUT2D eigenvalue weighted by Gasteiger charge is 2.62. The molecule has 0 saturated carbocycles. The summed E-state index contributed by atoms with van der Waals surface area (Å²) in [4.78, 5) is 0. The van der Waals surface area contributed by atoms with Gasteiger partial charge >= 0.3 is 0 Å². The minimum absolute atomic E-state index is 0.0983. The first kappa shape index (κ1) is 53.1. The lowest BCUT2D eigenvalue weighted by Crippen LogP contribution is -2.63. The molecule has 420 valence electrons. The lowest BCUT2D eigenvalue weighted by molar-refractivity contribution is -0.339. The van der Waals surface area contributed by atoms with E-state index < -0.39 is 84.6 Å². The van der Waals surface area contributed by atoms with Gasteiger partial charge in [-0.15, -0.1) is 0 Å². The number of ether oxygens (including phenoxy) is 13. The average molecular weight is 1060 g/mol. The molecule has 0 bridgehead atoms. The van der Waals surface area contributed by atoms with Crippen LogP contribution in [0.2, 0.25) is 0 Å². The van der Waals surface area contributed by atoms with Crippen LogP contribution in [0.5, 0.6) is 0 Å². The summed E-state index contributed by atoms with van der Waals surface area (Å²) in [6, 6.07) is 0. The fourth-order valence-electron chi connectivity index (χ4n) is 15.8. The number of allylic oxidation sites excluding steroid dienone is 2. The van der Waals surface area contributed by atoms with Crippen LogP contribution >= 0.6 is 0 Å². The van der Waals surface area contributed by atoms with Crippen molar-refractivity contribution in [2.24, 2.45) is 23.7 Å². The first-order chi connectivity index (χ1) is 36.8. The van der Waals surface area contributed by atoms with Crippen LogP contribution in [0.3, 0.4) is 0 Å². The van der Waals surface area contributed by atoms with Crippen molar-refractivity contribution >= 4 is 0 Å². The van der Waals surface area contributed by atoms with E-state index in [2.05, 4.69) is 64.7 Å². The molecule has 13 heterocycles. The first-order valence-corrected chi connectivity index (χ1v) is 29.3. The number of rotatable bonds is 2. The minimum Gasteiger partial charge on any atom is -0.390 e. The quantitative estimate of drug-likeness (QED) is 0.222. The zero-order valence-electron chi connectivity index (χ0n) is 44.9. The topological polar surface area (TPSA) is 181 Å². The maximum Gasteiger partial charge on any atom is 0.171 e. The summed E-state index contributed by atoms with van der Waals surface area (Å²) in [7, 11) is 0. The molecule has 3 N–H and O–H groups in total. The van der Waals surface area contributed by atoms with Gasteiger partial charge in [0.05, 0.1) is 110 Å². The predicted octanol–water partition coefficient (Wildman–Crippen LogP) is 5.83. The maximum absolute atomic E-state index is 12.4. The predicted molar refractivity (Wildman–Crippen MR) is 275 cm³/mol. The van der Waals surface area contributed by atoms with Crippen molar-refractivity contribution in [2.75, 3.05) is 6.61 Å². The van der Waals surface area contributed by atoms with E-state index in [1.807, 2.05) is 37.3 Å². The van der Waals surface area contributed by atoms with E-state index in [0.29, 0.717) is 51.6 Å². The monoisotopic (exact) mass is 1060 g/mol. The highest BCUT2D eigenvalue weighted by Crippen LogP contribution is 2.52. The van der Waals surface area contributed by atoms with Gasteiger partial charge in [0.1, 0.15) is 54.4 Å². The third-order valence-electron chi connectivity index (χ3n) is 20.3.